The molecule has 0 saturated heterocycles. The van der Waals surface area contributed by atoms with E-state index in [1.165, 1.54) is 64.2 Å². The van der Waals surface area contributed by atoms with Gasteiger partial charge in [-0.2, -0.15) is 0 Å². The van der Waals surface area contributed by atoms with Crippen molar-refractivity contribution in [3.8, 4) is 0 Å². The van der Waals surface area contributed by atoms with Gasteiger partial charge in [0.2, 0.25) is 0 Å². The Morgan fingerprint density at radius 2 is 1.38 bits per heavy atom. The Kier molecular flexibility index (Phi) is 17.1. The third kappa shape index (κ3) is 17.4. The van der Waals surface area contributed by atoms with Crippen molar-refractivity contribution in [2.75, 3.05) is 12.5 Å². The molecule has 0 amide bonds. The predicted octanol–water partition coefficient (Wildman–Crippen LogP) is 6.03. The third-order valence-electron chi connectivity index (χ3n) is 3.53. The molecule has 0 saturated carbocycles. The van der Waals surface area contributed by atoms with E-state index in [2.05, 4.69) is 19.1 Å². The van der Waals surface area contributed by atoms with Crippen LogP contribution in [-0.2, 0) is 9.53 Å². The van der Waals surface area contributed by atoms with E-state index < -0.39 is 0 Å². The van der Waals surface area contributed by atoms with Crippen LogP contribution in [0.4, 0.5) is 0 Å². The highest BCUT2D eigenvalue weighted by molar-refractivity contribution is 6.26. The van der Waals surface area contributed by atoms with Gasteiger partial charge in [0.1, 0.15) is 5.88 Å². The fraction of sp³-hybridized carbons (Fsp3) is 0.833. The first-order valence-electron chi connectivity index (χ1n) is 8.67. The Labute approximate surface area is 136 Å². The Balaban J connectivity index is 3.08. The van der Waals surface area contributed by atoms with E-state index in [0.717, 1.165) is 12.8 Å². The molecule has 0 aromatic rings. The van der Waals surface area contributed by atoms with E-state index in [9.17, 15) is 4.79 Å². The van der Waals surface area contributed by atoms with Crippen LogP contribution < -0.4 is 0 Å². The molecular weight excluding hydrogens is 284 g/mol. The summed E-state index contributed by atoms with van der Waals surface area (Å²) in [4.78, 5) is 10.8. The minimum absolute atomic E-state index is 0.0356. The molecule has 3 heteroatoms. The van der Waals surface area contributed by atoms with E-state index in [0.29, 0.717) is 6.61 Å². The van der Waals surface area contributed by atoms with Crippen molar-refractivity contribution in [3.05, 3.63) is 12.2 Å². The van der Waals surface area contributed by atoms with Crippen LogP contribution in [0.3, 0.4) is 0 Å². The molecule has 0 bridgehead atoms. The maximum absolute atomic E-state index is 10.8. The molecule has 0 aromatic carbocycles. The average molecular weight is 317 g/mol. The van der Waals surface area contributed by atoms with Crippen molar-refractivity contribution in [2.45, 2.75) is 84.0 Å². The summed E-state index contributed by atoms with van der Waals surface area (Å²) in [6.45, 7) is 2.77. The van der Waals surface area contributed by atoms with Gasteiger partial charge in [-0.05, 0) is 32.1 Å². The van der Waals surface area contributed by atoms with Crippen LogP contribution in [0.25, 0.3) is 0 Å². The summed E-state index contributed by atoms with van der Waals surface area (Å²) < 4.78 is 4.92. The normalized spacial score (nSPS) is 11.1. The number of esters is 1. The van der Waals surface area contributed by atoms with Gasteiger partial charge in [0.25, 0.3) is 0 Å². The molecule has 124 valence electrons. The second kappa shape index (κ2) is 17.6. The minimum Gasteiger partial charge on any atom is -0.465 e. The number of carbonyl (C=O) groups is 1. The van der Waals surface area contributed by atoms with E-state index in [1.807, 2.05) is 0 Å². The summed E-state index contributed by atoms with van der Waals surface area (Å²) in [5.41, 5.74) is 0. The number of hydrogen-bond donors (Lipinski definition) is 0. The van der Waals surface area contributed by atoms with Crippen molar-refractivity contribution in [2.24, 2.45) is 0 Å². The first kappa shape index (κ1) is 20.5. The van der Waals surface area contributed by atoms with Gasteiger partial charge in [0.15, 0.2) is 0 Å². The minimum atomic E-state index is -0.307. The lowest BCUT2D eigenvalue weighted by Gasteiger charge is -2.02. The lowest BCUT2D eigenvalue weighted by molar-refractivity contribution is -0.140. The van der Waals surface area contributed by atoms with Gasteiger partial charge in [-0.3, -0.25) is 4.79 Å². The molecular formula is C18H33ClO2. The van der Waals surface area contributed by atoms with Crippen molar-refractivity contribution in [1.29, 1.82) is 0 Å². The molecule has 0 atom stereocenters. The number of carbonyl (C=O) groups excluding carboxylic acids is 1. The Bertz CT molecular complexity index is 252. The van der Waals surface area contributed by atoms with Crippen LogP contribution >= 0.6 is 11.6 Å². The standard InChI is InChI=1S/C18H33ClO2/c1-2-3-4-5-6-7-8-9-10-11-12-13-14-15-16-21-18(20)17-19/h7-8H,2-6,9-17H2,1H3/b8-7-. The number of hydrogen-bond acceptors (Lipinski definition) is 2. The summed E-state index contributed by atoms with van der Waals surface area (Å²) in [6.07, 6.45) is 19.8. The van der Waals surface area contributed by atoms with Crippen molar-refractivity contribution in [3.63, 3.8) is 0 Å². The Morgan fingerprint density at radius 3 is 1.95 bits per heavy atom. The van der Waals surface area contributed by atoms with Crippen LogP contribution in [0.15, 0.2) is 12.2 Å². The van der Waals surface area contributed by atoms with Gasteiger partial charge in [0, 0.05) is 0 Å². The molecule has 0 aliphatic rings. The lowest BCUT2D eigenvalue weighted by Crippen LogP contribution is -2.06. The van der Waals surface area contributed by atoms with Gasteiger partial charge >= 0.3 is 5.97 Å². The van der Waals surface area contributed by atoms with Crippen molar-refractivity contribution < 1.29 is 9.53 Å². The summed E-state index contributed by atoms with van der Waals surface area (Å²) >= 11 is 5.34. The molecule has 0 heterocycles. The molecule has 0 aliphatic heterocycles. The number of allylic oxidation sites excluding steroid dienone is 2. The van der Waals surface area contributed by atoms with Crippen LogP contribution in [0.1, 0.15) is 84.0 Å². The zero-order valence-corrected chi connectivity index (χ0v) is 14.5. The molecule has 2 nitrogen and oxygen atoms in total. The summed E-state index contributed by atoms with van der Waals surface area (Å²) in [5.74, 6) is -0.343. The maximum Gasteiger partial charge on any atom is 0.320 e. The highest BCUT2D eigenvalue weighted by Gasteiger charge is 1.98. The molecule has 0 N–H and O–H groups in total. The van der Waals surface area contributed by atoms with E-state index >= 15 is 0 Å². The van der Waals surface area contributed by atoms with E-state index in [1.54, 1.807) is 0 Å². The summed E-state index contributed by atoms with van der Waals surface area (Å²) in [5, 5.41) is 0. The highest BCUT2D eigenvalue weighted by Crippen LogP contribution is 2.09. The van der Waals surface area contributed by atoms with E-state index in [4.69, 9.17) is 16.3 Å². The zero-order chi connectivity index (χ0) is 15.6. The zero-order valence-electron chi connectivity index (χ0n) is 13.7. The SMILES string of the molecule is CCCCCC/C=C\CCCCCCCCOC(=O)CCl. The smallest absolute Gasteiger partial charge is 0.320 e. The first-order valence-corrected chi connectivity index (χ1v) is 9.21. The molecule has 0 spiro atoms. The summed E-state index contributed by atoms with van der Waals surface area (Å²) in [6, 6.07) is 0. The topological polar surface area (TPSA) is 26.3 Å². The Hall–Kier alpha value is -0.500. The fourth-order valence-corrected chi connectivity index (χ4v) is 2.30. The number of alkyl halides is 1. The second-order valence-corrected chi connectivity index (χ2v) is 5.85. The number of rotatable bonds is 15. The number of unbranched alkanes of at least 4 members (excludes halogenated alkanes) is 10. The van der Waals surface area contributed by atoms with Gasteiger partial charge < -0.3 is 4.74 Å². The Morgan fingerprint density at radius 1 is 0.857 bits per heavy atom. The molecule has 21 heavy (non-hydrogen) atoms. The predicted molar refractivity (Wildman–Crippen MR) is 91.9 cm³/mol. The largest absolute Gasteiger partial charge is 0.465 e. The lowest BCUT2D eigenvalue weighted by atomic mass is 10.1. The monoisotopic (exact) mass is 316 g/mol. The second-order valence-electron chi connectivity index (χ2n) is 5.58. The number of halogens is 1. The van der Waals surface area contributed by atoms with Crippen LogP contribution in [0.5, 0.6) is 0 Å². The average Bonchev–Trinajstić information content (AvgIpc) is 2.50. The van der Waals surface area contributed by atoms with Gasteiger partial charge in [-0.1, -0.05) is 64.0 Å². The third-order valence-corrected chi connectivity index (χ3v) is 3.75. The summed E-state index contributed by atoms with van der Waals surface area (Å²) in [7, 11) is 0. The molecule has 0 fully saturated rings. The van der Waals surface area contributed by atoms with Crippen molar-refractivity contribution >= 4 is 17.6 Å². The quantitative estimate of drug-likeness (QED) is 0.160. The van der Waals surface area contributed by atoms with Crippen LogP contribution in [0.2, 0.25) is 0 Å². The molecule has 0 aliphatic carbocycles. The molecule has 0 rings (SSSR count). The number of ether oxygens (including phenoxy) is 1. The van der Waals surface area contributed by atoms with Crippen LogP contribution in [-0.4, -0.2) is 18.5 Å². The van der Waals surface area contributed by atoms with Gasteiger partial charge in [-0.25, -0.2) is 0 Å². The van der Waals surface area contributed by atoms with Crippen molar-refractivity contribution in [1.82, 2.24) is 0 Å². The maximum atomic E-state index is 10.8. The first-order chi connectivity index (χ1) is 10.3. The molecule has 0 aromatic heterocycles. The van der Waals surface area contributed by atoms with Gasteiger partial charge in [-0.15, -0.1) is 11.6 Å². The highest BCUT2D eigenvalue weighted by atomic mass is 35.5. The van der Waals surface area contributed by atoms with E-state index in [-0.39, 0.29) is 11.8 Å². The van der Waals surface area contributed by atoms with Gasteiger partial charge in [0.05, 0.1) is 6.61 Å². The molecule has 0 radical (unpaired) electrons. The molecule has 0 unspecified atom stereocenters. The van der Waals surface area contributed by atoms with Crippen LogP contribution in [0, 0.1) is 0 Å². The fourth-order valence-electron chi connectivity index (χ4n) is 2.22.